The molecule has 0 amide bonds. The molecule has 12 heavy (non-hydrogen) atoms. The molecule has 1 atom stereocenters. The Morgan fingerprint density at radius 1 is 1.83 bits per heavy atom. The van der Waals surface area contributed by atoms with Crippen LogP contribution in [0.4, 0.5) is 0 Å². The number of hydrogen-bond donors (Lipinski definition) is 1. The van der Waals surface area contributed by atoms with Gasteiger partial charge in [0, 0.05) is 6.54 Å². The summed E-state index contributed by atoms with van der Waals surface area (Å²) < 4.78 is 5.29. The molecule has 0 saturated carbocycles. The van der Waals surface area contributed by atoms with E-state index in [0.717, 1.165) is 26.2 Å². The van der Waals surface area contributed by atoms with E-state index in [1.807, 2.05) is 6.92 Å². The van der Waals surface area contributed by atoms with Crippen molar-refractivity contribution in [2.45, 2.75) is 19.4 Å². The van der Waals surface area contributed by atoms with Gasteiger partial charge in [-0.25, -0.2) is 0 Å². The van der Waals surface area contributed by atoms with Gasteiger partial charge < -0.3 is 10.1 Å². The molecule has 2 nitrogen and oxygen atoms in total. The summed E-state index contributed by atoms with van der Waals surface area (Å²) in [6.07, 6.45) is 8.48. The van der Waals surface area contributed by atoms with Gasteiger partial charge in [0.05, 0.1) is 19.3 Å². The van der Waals surface area contributed by atoms with Crippen LogP contribution in [-0.2, 0) is 4.74 Å². The molecule has 0 radical (unpaired) electrons. The molecule has 0 aromatic rings. The zero-order chi connectivity index (χ0) is 8.81. The van der Waals surface area contributed by atoms with Crippen LogP contribution in [0.5, 0.6) is 0 Å². The van der Waals surface area contributed by atoms with E-state index in [1.165, 1.54) is 5.57 Å². The lowest BCUT2D eigenvalue weighted by Crippen LogP contribution is -2.28. The molecular weight excluding hydrogens is 150 g/mol. The maximum Gasteiger partial charge on any atom is 0.0689 e. The number of terminal acetylenes is 1. The predicted molar refractivity (Wildman–Crippen MR) is 49.8 cm³/mol. The lowest BCUT2D eigenvalue weighted by Gasteiger charge is -2.15. The van der Waals surface area contributed by atoms with Crippen molar-refractivity contribution in [3.8, 4) is 12.3 Å². The molecule has 1 N–H and O–H groups in total. The first-order chi connectivity index (χ1) is 5.83. The zero-order valence-corrected chi connectivity index (χ0v) is 7.47. The summed E-state index contributed by atoms with van der Waals surface area (Å²) in [4.78, 5) is 0. The fourth-order valence-electron chi connectivity index (χ4n) is 1.07. The lowest BCUT2D eigenvalue weighted by atomic mass is 10.2. The largest absolute Gasteiger partial charge is 0.377 e. The number of hydrogen-bond acceptors (Lipinski definition) is 2. The third kappa shape index (κ3) is 3.08. The average molecular weight is 165 g/mol. The standard InChI is InChI=1S/C10H15NO/c1-3-9(2)11-7-10-5-4-6-12-8-10/h1,5,9,11H,4,6-8H2,2H3. The van der Waals surface area contributed by atoms with Crippen LogP contribution in [0, 0.1) is 12.3 Å². The fraction of sp³-hybridized carbons (Fsp3) is 0.600. The second-order valence-electron chi connectivity index (χ2n) is 2.97. The van der Waals surface area contributed by atoms with Crippen LogP contribution in [0.2, 0.25) is 0 Å². The topological polar surface area (TPSA) is 21.3 Å². The van der Waals surface area contributed by atoms with Crippen molar-refractivity contribution in [1.82, 2.24) is 5.32 Å². The Kier molecular flexibility index (Phi) is 3.86. The van der Waals surface area contributed by atoms with E-state index in [0.29, 0.717) is 0 Å². The molecule has 0 aromatic heterocycles. The van der Waals surface area contributed by atoms with Gasteiger partial charge >= 0.3 is 0 Å². The lowest BCUT2D eigenvalue weighted by molar-refractivity contribution is 0.148. The quantitative estimate of drug-likeness (QED) is 0.496. The van der Waals surface area contributed by atoms with E-state index in [-0.39, 0.29) is 6.04 Å². The van der Waals surface area contributed by atoms with E-state index in [4.69, 9.17) is 11.2 Å². The second kappa shape index (κ2) is 4.97. The highest BCUT2D eigenvalue weighted by Crippen LogP contribution is 2.03. The third-order valence-corrected chi connectivity index (χ3v) is 1.87. The number of ether oxygens (including phenoxy) is 1. The van der Waals surface area contributed by atoms with Gasteiger partial charge in [0.1, 0.15) is 0 Å². The third-order valence-electron chi connectivity index (χ3n) is 1.87. The van der Waals surface area contributed by atoms with Gasteiger partial charge in [0.25, 0.3) is 0 Å². The molecule has 1 aliphatic heterocycles. The second-order valence-corrected chi connectivity index (χ2v) is 2.97. The Bertz CT molecular complexity index is 202. The van der Waals surface area contributed by atoms with E-state index < -0.39 is 0 Å². The highest BCUT2D eigenvalue weighted by Gasteiger charge is 2.03. The normalized spacial score (nSPS) is 19.5. The number of rotatable bonds is 3. The van der Waals surface area contributed by atoms with Crippen LogP contribution in [0.25, 0.3) is 0 Å². The maximum absolute atomic E-state index is 5.29. The average Bonchev–Trinajstić information content (AvgIpc) is 2.16. The monoisotopic (exact) mass is 165 g/mol. The van der Waals surface area contributed by atoms with Gasteiger partial charge in [0.15, 0.2) is 0 Å². The first kappa shape index (κ1) is 9.31. The highest BCUT2D eigenvalue weighted by molar-refractivity contribution is 5.08. The highest BCUT2D eigenvalue weighted by atomic mass is 16.5. The molecule has 0 spiro atoms. The smallest absolute Gasteiger partial charge is 0.0689 e. The van der Waals surface area contributed by atoms with Gasteiger partial charge in [0.2, 0.25) is 0 Å². The molecule has 1 aliphatic rings. The maximum atomic E-state index is 5.29. The molecule has 2 heteroatoms. The van der Waals surface area contributed by atoms with Crippen molar-refractivity contribution in [1.29, 1.82) is 0 Å². The van der Waals surface area contributed by atoms with Gasteiger partial charge in [-0.2, -0.15) is 0 Å². The Balaban J connectivity index is 2.22. The zero-order valence-electron chi connectivity index (χ0n) is 7.47. The SMILES string of the molecule is C#CC(C)NCC1=CCCOC1. The Morgan fingerprint density at radius 2 is 2.67 bits per heavy atom. The molecule has 0 aliphatic carbocycles. The van der Waals surface area contributed by atoms with Crippen LogP contribution >= 0.6 is 0 Å². The van der Waals surface area contributed by atoms with Crippen LogP contribution in [0.1, 0.15) is 13.3 Å². The minimum absolute atomic E-state index is 0.146. The van der Waals surface area contributed by atoms with Crippen LogP contribution in [-0.4, -0.2) is 25.8 Å². The Hall–Kier alpha value is -0.780. The Labute approximate surface area is 74.0 Å². The van der Waals surface area contributed by atoms with Crippen molar-refractivity contribution in [2.75, 3.05) is 19.8 Å². The molecule has 0 bridgehead atoms. The van der Waals surface area contributed by atoms with Crippen LogP contribution in [0.15, 0.2) is 11.6 Å². The van der Waals surface area contributed by atoms with Crippen LogP contribution in [0.3, 0.4) is 0 Å². The van der Waals surface area contributed by atoms with E-state index in [1.54, 1.807) is 0 Å². The van der Waals surface area contributed by atoms with Crippen molar-refractivity contribution in [3.05, 3.63) is 11.6 Å². The summed E-state index contributed by atoms with van der Waals surface area (Å²) in [7, 11) is 0. The van der Waals surface area contributed by atoms with E-state index in [9.17, 15) is 0 Å². The summed E-state index contributed by atoms with van der Waals surface area (Å²) in [5.41, 5.74) is 1.31. The van der Waals surface area contributed by atoms with Crippen molar-refractivity contribution >= 4 is 0 Å². The van der Waals surface area contributed by atoms with Gasteiger partial charge in [-0.15, -0.1) is 6.42 Å². The fourth-order valence-corrected chi connectivity index (χ4v) is 1.07. The summed E-state index contributed by atoms with van der Waals surface area (Å²) in [6.45, 7) is 4.44. The molecule has 0 saturated heterocycles. The molecular formula is C10H15NO. The van der Waals surface area contributed by atoms with E-state index in [2.05, 4.69) is 17.3 Å². The minimum atomic E-state index is 0.146. The van der Waals surface area contributed by atoms with E-state index >= 15 is 0 Å². The summed E-state index contributed by atoms with van der Waals surface area (Å²) in [5, 5.41) is 3.22. The van der Waals surface area contributed by atoms with Gasteiger partial charge in [-0.1, -0.05) is 12.0 Å². The number of nitrogens with one attached hydrogen (secondary N) is 1. The summed E-state index contributed by atoms with van der Waals surface area (Å²) in [5.74, 6) is 2.63. The van der Waals surface area contributed by atoms with Gasteiger partial charge in [-0.3, -0.25) is 0 Å². The van der Waals surface area contributed by atoms with Crippen molar-refractivity contribution in [3.63, 3.8) is 0 Å². The molecule has 66 valence electrons. The molecule has 0 aromatic carbocycles. The van der Waals surface area contributed by atoms with Crippen molar-refractivity contribution in [2.24, 2.45) is 0 Å². The van der Waals surface area contributed by atoms with Gasteiger partial charge in [-0.05, 0) is 18.9 Å². The summed E-state index contributed by atoms with van der Waals surface area (Å²) >= 11 is 0. The van der Waals surface area contributed by atoms with Crippen LogP contribution < -0.4 is 5.32 Å². The molecule has 1 heterocycles. The summed E-state index contributed by atoms with van der Waals surface area (Å²) in [6, 6.07) is 0.146. The Morgan fingerprint density at radius 3 is 3.25 bits per heavy atom. The first-order valence-electron chi connectivity index (χ1n) is 4.28. The molecule has 1 unspecified atom stereocenters. The molecule has 1 rings (SSSR count). The predicted octanol–water partition coefficient (Wildman–Crippen LogP) is 0.944. The van der Waals surface area contributed by atoms with Crippen molar-refractivity contribution < 1.29 is 4.74 Å². The molecule has 0 fully saturated rings. The first-order valence-corrected chi connectivity index (χ1v) is 4.28. The minimum Gasteiger partial charge on any atom is -0.377 e.